The minimum atomic E-state index is -1.04. The summed E-state index contributed by atoms with van der Waals surface area (Å²) in [6.07, 6.45) is 1.48. The highest BCUT2D eigenvalue weighted by Crippen LogP contribution is 2.28. The summed E-state index contributed by atoms with van der Waals surface area (Å²) in [4.78, 5) is 17.0. The second-order valence-electron chi connectivity index (χ2n) is 4.52. The quantitative estimate of drug-likeness (QED) is 0.934. The van der Waals surface area contributed by atoms with Crippen LogP contribution in [0, 0.1) is 0 Å². The number of nitrogens with zero attached hydrogens (tertiary/aromatic N) is 2. The van der Waals surface area contributed by atoms with Gasteiger partial charge in [0.25, 0.3) is 0 Å². The van der Waals surface area contributed by atoms with Crippen molar-refractivity contribution >= 4 is 23.3 Å². The van der Waals surface area contributed by atoms with Crippen LogP contribution < -0.4 is 4.90 Å². The third-order valence-corrected chi connectivity index (χ3v) is 3.52. The first-order valence-corrected chi connectivity index (χ1v) is 6.55. The molecule has 0 aliphatic rings. The van der Waals surface area contributed by atoms with Crippen molar-refractivity contribution in [2.75, 3.05) is 11.9 Å². The summed E-state index contributed by atoms with van der Waals surface area (Å²) in [5.74, 6) is -1.04. The van der Waals surface area contributed by atoms with Gasteiger partial charge in [0, 0.05) is 18.3 Å². The molecule has 2 aromatic rings. The zero-order valence-corrected chi connectivity index (χ0v) is 12.0. The number of aromatic carboxylic acids is 1. The molecule has 1 atom stereocenters. The van der Waals surface area contributed by atoms with E-state index in [1.54, 1.807) is 12.1 Å². The van der Waals surface area contributed by atoms with Crippen molar-refractivity contribution in [1.29, 1.82) is 0 Å². The highest BCUT2D eigenvalue weighted by Gasteiger charge is 2.19. The molecule has 0 saturated carbocycles. The lowest BCUT2D eigenvalue weighted by Gasteiger charge is -2.28. The Bertz CT molecular complexity index is 631. The van der Waals surface area contributed by atoms with Gasteiger partial charge in [0.05, 0.1) is 11.7 Å². The molecular weight excluding hydrogens is 276 g/mol. The second kappa shape index (κ2) is 5.92. The average molecular weight is 291 g/mol. The number of halogens is 1. The van der Waals surface area contributed by atoms with E-state index in [9.17, 15) is 9.90 Å². The van der Waals surface area contributed by atoms with Crippen LogP contribution in [0.15, 0.2) is 42.6 Å². The lowest BCUT2D eigenvalue weighted by atomic mass is 10.1. The lowest BCUT2D eigenvalue weighted by Crippen LogP contribution is -2.24. The molecule has 0 aliphatic heterocycles. The van der Waals surface area contributed by atoms with Crippen LogP contribution >= 0.6 is 11.6 Å². The molecule has 0 aliphatic carbocycles. The predicted molar refractivity (Wildman–Crippen MR) is 79.5 cm³/mol. The molecule has 4 nitrogen and oxygen atoms in total. The van der Waals surface area contributed by atoms with Crippen molar-refractivity contribution in [3.63, 3.8) is 0 Å². The van der Waals surface area contributed by atoms with E-state index in [2.05, 4.69) is 4.98 Å². The molecule has 1 N–H and O–H groups in total. The fourth-order valence-corrected chi connectivity index (χ4v) is 2.24. The average Bonchev–Trinajstić information content (AvgIpc) is 2.45. The van der Waals surface area contributed by atoms with Crippen molar-refractivity contribution in [2.45, 2.75) is 13.0 Å². The molecule has 104 valence electrons. The monoisotopic (exact) mass is 290 g/mol. The van der Waals surface area contributed by atoms with Crippen LogP contribution in [-0.4, -0.2) is 23.1 Å². The summed E-state index contributed by atoms with van der Waals surface area (Å²) in [5.41, 5.74) is 1.64. The number of rotatable bonds is 4. The summed E-state index contributed by atoms with van der Waals surface area (Å²) in [7, 11) is 1.84. The Morgan fingerprint density at radius 3 is 2.75 bits per heavy atom. The fourth-order valence-electron chi connectivity index (χ4n) is 2.04. The van der Waals surface area contributed by atoms with Crippen LogP contribution in [0.25, 0.3) is 0 Å². The molecule has 0 spiro atoms. The maximum atomic E-state index is 11.2. The number of aromatic nitrogens is 1. The number of hydrogen-bond donors (Lipinski definition) is 1. The molecule has 0 saturated heterocycles. The van der Waals surface area contributed by atoms with E-state index in [0.717, 1.165) is 5.56 Å². The van der Waals surface area contributed by atoms with Crippen molar-refractivity contribution in [1.82, 2.24) is 4.98 Å². The van der Waals surface area contributed by atoms with Crippen molar-refractivity contribution in [3.8, 4) is 0 Å². The van der Waals surface area contributed by atoms with Gasteiger partial charge in [-0.1, -0.05) is 23.7 Å². The van der Waals surface area contributed by atoms with Crippen LogP contribution in [0.4, 0.5) is 5.69 Å². The van der Waals surface area contributed by atoms with Gasteiger partial charge in [-0.3, -0.25) is 0 Å². The van der Waals surface area contributed by atoms with Crippen LogP contribution in [-0.2, 0) is 0 Å². The molecule has 5 heteroatoms. The van der Waals surface area contributed by atoms with Crippen LogP contribution in [0.1, 0.15) is 29.0 Å². The third kappa shape index (κ3) is 2.91. The van der Waals surface area contributed by atoms with E-state index >= 15 is 0 Å². The molecule has 0 radical (unpaired) electrons. The molecular formula is C15H15ClN2O2. The Balaban J connectivity index is 2.36. The highest BCUT2D eigenvalue weighted by atomic mass is 35.5. The third-order valence-electron chi connectivity index (χ3n) is 3.28. The molecule has 1 aromatic carbocycles. The van der Waals surface area contributed by atoms with E-state index in [-0.39, 0.29) is 11.7 Å². The number of carbonyl (C=O) groups is 1. The largest absolute Gasteiger partial charge is 0.476 e. The Morgan fingerprint density at radius 1 is 1.35 bits per heavy atom. The normalized spacial score (nSPS) is 11.9. The highest BCUT2D eigenvalue weighted by molar-refractivity contribution is 6.30. The van der Waals surface area contributed by atoms with Gasteiger partial charge >= 0.3 is 5.97 Å². The van der Waals surface area contributed by atoms with Gasteiger partial charge in [-0.2, -0.15) is 0 Å². The Labute approximate surface area is 122 Å². The minimum Gasteiger partial charge on any atom is -0.476 e. The standard InChI is InChI=1S/C15H15ClN2O2/c1-10(11-5-3-6-12(16)9-11)18(2)13-7-4-8-17-14(13)15(19)20/h3-10H,1-2H3,(H,19,20). The zero-order valence-electron chi connectivity index (χ0n) is 11.2. The second-order valence-corrected chi connectivity index (χ2v) is 4.95. The molecule has 0 bridgehead atoms. The van der Waals surface area contributed by atoms with Crippen LogP contribution in [0.3, 0.4) is 0 Å². The number of carboxylic acid groups (broad SMARTS) is 1. The maximum Gasteiger partial charge on any atom is 0.356 e. The molecule has 0 fully saturated rings. The number of benzene rings is 1. The van der Waals surface area contributed by atoms with E-state index < -0.39 is 5.97 Å². The summed E-state index contributed by atoms with van der Waals surface area (Å²) in [6, 6.07) is 11.0. The topological polar surface area (TPSA) is 53.4 Å². The number of anilines is 1. The van der Waals surface area contributed by atoms with E-state index in [0.29, 0.717) is 10.7 Å². The lowest BCUT2D eigenvalue weighted by molar-refractivity contribution is 0.0691. The van der Waals surface area contributed by atoms with Crippen molar-refractivity contribution in [3.05, 3.63) is 58.9 Å². The van der Waals surface area contributed by atoms with Crippen molar-refractivity contribution in [2.24, 2.45) is 0 Å². The zero-order chi connectivity index (χ0) is 14.7. The van der Waals surface area contributed by atoms with Gasteiger partial charge in [-0.15, -0.1) is 0 Å². The molecule has 1 aromatic heterocycles. The van der Waals surface area contributed by atoms with Gasteiger partial charge < -0.3 is 10.0 Å². The molecule has 1 unspecified atom stereocenters. The molecule has 1 heterocycles. The Morgan fingerprint density at radius 2 is 2.10 bits per heavy atom. The molecule has 20 heavy (non-hydrogen) atoms. The smallest absolute Gasteiger partial charge is 0.356 e. The summed E-state index contributed by atoms with van der Waals surface area (Å²) in [5, 5.41) is 9.86. The molecule has 0 amide bonds. The first kappa shape index (κ1) is 14.3. The van der Waals surface area contributed by atoms with E-state index in [1.807, 2.05) is 43.1 Å². The number of pyridine rings is 1. The Hall–Kier alpha value is -2.07. The first-order chi connectivity index (χ1) is 9.50. The van der Waals surface area contributed by atoms with Crippen LogP contribution in [0.5, 0.6) is 0 Å². The number of hydrogen-bond acceptors (Lipinski definition) is 3. The first-order valence-electron chi connectivity index (χ1n) is 6.17. The number of carboxylic acids is 1. The van der Waals surface area contributed by atoms with Crippen LogP contribution in [0.2, 0.25) is 5.02 Å². The van der Waals surface area contributed by atoms with Gasteiger partial charge in [0.2, 0.25) is 0 Å². The van der Waals surface area contributed by atoms with Crippen molar-refractivity contribution < 1.29 is 9.90 Å². The summed E-state index contributed by atoms with van der Waals surface area (Å²) >= 11 is 6.00. The van der Waals surface area contributed by atoms with Gasteiger partial charge in [-0.25, -0.2) is 9.78 Å². The fraction of sp³-hybridized carbons (Fsp3) is 0.200. The van der Waals surface area contributed by atoms with E-state index in [4.69, 9.17) is 11.6 Å². The van der Waals surface area contributed by atoms with Gasteiger partial charge in [0.1, 0.15) is 0 Å². The van der Waals surface area contributed by atoms with E-state index in [1.165, 1.54) is 6.20 Å². The maximum absolute atomic E-state index is 11.2. The van der Waals surface area contributed by atoms with Gasteiger partial charge in [0.15, 0.2) is 5.69 Å². The Kier molecular flexibility index (Phi) is 4.25. The minimum absolute atomic E-state index is 0.0176. The summed E-state index contributed by atoms with van der Waals surface area (Å²) < 4.78 is 0. The predicted octanol–water partition coefficient (Wildman–Crippen LogP) is 3.63. The SMILES string of the molecule is CC(c1cccc(Cl)c1)N(C)c1cccnc1C(=O)O. The van der Waals surface area contributed by atoms with Gasteiger partial charge in [-0.05, 0) is 36.8 Å². The summed E-state index contributed by atoms with van der Waals surface area (Å²) in [6.45, 7) is 1.99. The molecule has 2 rings (SSSR count).